The molecule has 0 saturated heterocycles. The van der Waals surface area contributed by atoms with Crippen LogP contribution >= 0.6 is 23.6 Å². The largest absolute Gasteiger partial charge is 0.362 e. The van der Waals surface area contributed by atoms with Gasteiger partial charge in [-0.3, -0.25) is 0 Å². The molecule has 0 fully saturated rings. The van der Waals surface area contributed by atoms with E-state index in [4.69, 9.17) is 12.2 Å². The van der Waals surface area contributed by atoms with Gasteiger partial charge in [-0.25, -0.2) is 0 Å². The van der Waals surface area contributed by atoms with Gasteiger partial charge < -0.3 is 15.6 Å². The second-order valence-corrected chi connectivity index (χ2v) is 6.62. The molecule has 5 heteroatoms. The number of para-hydroxylation sites is 1. The maximum Gasteiger partial charge on any atom is 0.166 e. The molecule has 0 amide bonds. The van der Waals surface area contributed by atoms with E-state index < -0.39 is 0 Å². The van der Waals surface area contributed by atoms with Gasteiger partial charge in [0.15, 0.2) is 5.11 Å². The number of aromatic nitrogens is 1. The second kappa shape index (κ2) is 7.44. The number of rotatable bonds is 6. The first-order chi connectivity index (χ1) is 11.3. The van der Waals surface area contributed by atoms with E-state index in [0.717, 1.165) is 12.1 Å². The Labute approximate surface area is 145 Å². The van der Waals surface area contributed by atoms with E-state index >= 15 is 0 Å². The summed E-state index contributed by atoms with van der Waals surface area (Å²) in [4.78, 5) is 4.70. The summed E-state index contributed by atoms with van der Waals surface area (Å²) in [5.74, 6) is 0.259. The molecule has 0 aliphatic rings. The molecule has 2 aromatic heterocycles. The first-order valence-corrected chi connectivity index (χ1v) is 8.80. The number of hydrogen-bond donors (Lipinski definition) is 3. The molecule has 0 aliphatic carbocycles. The summed E-state index contributed by atoms with van der Waals surface area (Å²) < 4.78 is 0. The number of hydrogen-bond acceptors (Lipinski definition) is 2. The topological polar surface area (TPSA) is 39.8 Å². The molecule has 0 aliphatic heterocycles. The van der Waals surface area contributed by atoms with Crippen molar-refractivity contribution in [3.05, 3.63) is 71.1 Å². The summed E-state index contributed by atoms with van der Waals surface area (Å²) in [6.07, 6.45) is 3.90. The average Bonchev–Trinajstić information content (AvgIpc) is 3.24. The third kappa shape index (κ3) is 3.63. The molecule has 2 heterocycles. The quantitative estimate of drug-likeness (QED) is 0.469. The minimum Gasteiger partial charge on any atom is -0.362 e. The van der Waals surface area contributed by atoms with Crippen molar-refractivity contribution in [1.82, 2.24) is 15.6 Å². The van der Waals surface area contributed by atoms with Crippen LogP contribution in [0.3, 0.4) is 0 Å². The Morgan fingerprint density at radius 3 is 2.91 bits per heavy atom. The molecule has 3 N–H and O–H groups in total. The number of nitrogens with one attached hydrogen (secondary N) is 3. The molecular formula is C18H19N3S2. The maximum absolute atomic E-state index is 5.32. The van der Waals surface area contributed by atoms with Gasteiger partial charge in [0.05, 0.1) is 0 Å². The predicted molar refractivity (Wildman–Crippen MR) is 103 cm³/mol. The normalized spacial score (nSPS) is 12.0. The van der Waals surface area contributed by atoms with Crippen molar-refractivity contribution in [2.45, 2.75) is 5.92 Å². The summed E-state index contributed by atoms with van der Waals surface area (Å²) in [6, 6.07) is 12.7. The van der Waals surface area contributed by atoms with Gasteiger partial charge >= 0.3 is 0 Å². The molecule has 3 nitrogen and oxygen atoms in total. The van der Waals surface area contributed by atoms with Gasteiger partial charge in [-0.2, -0.15) is 0 Å². The lowest BCUT2D eigenvalue weighted by Crippen LogP contribution is -2.37. The van der Waals surface area contributed by atoms with Crippen LogP contribution in [0.5, 0.6) is 0 Å². The highest BCUT2D eigenvalue weighted by Gasteiger charge is 2.19. The van der Waals surface area contributed by atoms with Gasteiger partial charge in [0.1, 0.15) is 0 Å². The van der Waals surface area contributed by atoms with Crippen molar-refractivity contribution in [1.29, 1.82) is 0 Å². The van der Waals surface area contributed by atoms with Gasteiger partial charge in [-0.15, -0.1) is 17.9 Å². The molecule has 118 valence electrons. The minimum absolute atomic E-state index is 0.259. The van der Waals surface area contributed by atoms with Crippen molar-refractivity contribution in [2.75, 3.05) is 13.1 Å². The monoisotopic (exact) mass is 341 g/mol. The summed E-state index contributed by atoms with van der Waals surface area (Å²) in [5.41, 5.74) is 2.46. The lowest BCUT2D eigenvalue weighted by molar-refractivity contribution is 0.762. The molecule has 0 unspecified atom stereocenters. The van der Waals surface area contributed by atoms with E-state index in [2.05, 4.69) is 70.2 Å². The summed E-state index contributed by atoms with van der Waals surface area (Å²) >= 11 is 7.09. The second-order valence-electron chi connectivity index (χ2n) is 5.24. The highest BCUT2D eigenvalue weighted by atomic mass is 32.1. The van der Waals surface area contributed by atoms with E-state index in [1.165, 1.54) is 15.8 Å². The van der Waals surface area contributed by atoms with Crippen LogP contribution in [0, 0.1) is 0 Å². The molecule has 0 radical (unpaired) electrons. The molecular weight excluding hydrogens is 322 g/mol. The van der Waals surface area contributed by atoms with E-state index in [0.29, 0.717) is 11.7 Å². The van der Waals surface area contributed by atoms with E-state index in [1.807, 2.05) is 0 Å². The fourth-order valence-corrected chi connectivity index (χ4v) is 3.67. The third-order valence-corrected chi connectivity index (χ3v) is 5.03. The van der Waals surface area contributed by atoms with Crippen LogP contribution in [0.25, 0.3) is 10.9 Å². The first-order valence-electron chi connectivity index (χ1n) is 7.51. The van der Waals surface area contributed by atoms with E-state index in [-0.39, 0.29) is 5.92 Å². The van der Waals surface area contributed by atoms with Crippen LogP contribution in [-0.2, 0) is 0 Å². The Bertz CT molecular complexity index is 790. The Balaban J connectivity index is 1.85. The molecule has 3 rings (SSSR count). The van der Waals surface area contributed by atoms with Crippen LogP contribution in [0.15, 0.2) is 60.6 Å². The molecule has 0 saturated carbocycles. The summed E-state index contributed by atoms with van der Waals surface area (Å²) in [7, 11) is 0. The van der Waals surface area contributed by atoms with Crippen LogP contribution in [0.2, 0.25) is 0 Å². The minimum atomic E-state index is 0.259. The van der Waals surface area contributed by atoms with Gasteiger partial charge in [-0.05, 0) is 35.3 Å². The SMILES string of the molecule is C=CCNC(=S)NC[C@H](c1cccs1)c1c[nH]c2ccccc12. The lowest BCUT2D eigenvalue weighted by Gasteiger charge is -2.17. The standard InChI is InChI=1S/C18H19N3S2/c1-2-9-19-18(22)21-12-15(17-8-5-10-23-17)14-11-20-16-7-4-3-6-13(14)16/h2-8,10-11,15,20H,1,9,12H2,(H2,19,21,22)/t15-/m0/s1. The zero-order valence-corrected chi connectivity index (χ0v) is 14.3. The van der Waals surface area contributed by atoms with Crippen molar-refractivity contribution in [2.24, 2.45) is 0 Å². The number of aromatic amines is 1. The van der Waals surface area contributed by atoms with Gasteiger partial charge in [0.25, 0.3) is 0 Å². The lowest BCUT2D eigenvalue weighted by atomic mass is 9.97. The highest BCUT2D eigenvalue weighted by molar-refractivity contribution is 7.80. The Kier molecular flexibility index (Phi) is 5.10. The highest BCUT2D eigenvalue weighted by Crippen LogP contribution is 2.32. The summed E-state index contributed by atoms with van der Waals surface area (Å²) in [6.45, 7) is 5.12. The van der Waals surface area contributed by atoms with Crippen LogP contribution in [-0.4, -0.2) is 23.2 Å². The zero-order chi connectivity index (χ0) is 16.1. The fraction of sp³-hybridized carbons (Fsp3) is 0.167. The predicted octanol–water partition coefficient (Wildman–Crippen LogP) is 4.01. The molecule has 1 aromatic carbocycles. The Morgan fingerprint density at radius 2 is 2.13 bits per heavy atom. The smallest absolute Gasteiger partial charge is 0.166 e. The third-order valence-electron chi connectivity index (χ3n) is 3.76. The van der Waals surface area contributed by atoms with Crippen molar-refractivity contribution in [3.63, 3.8) is 0 Å². The molecule has 0 bridgehead atoms. The zero-order valence-electron chi connectivity index (χ0n) is 12.7. The average molecular weight is 342 g/mol. The maximum atomic E-state index is 5.32. The first kappa shape index (κ1) is 15.8. The van der Waals surface area contributed by atoms with Crippen LogP contribution in [0.1, 0.15) is 16.4 Å². The number of fused-ring (bicyclic) bond motifs is 1. The van der Waals surface area contributed by atoms with Crippen LogP contribution < -0.4 is 10.6 Å². The van der Waals surface area contributed by atoms with Crippen molar-refractivity contribution in [3.8, 4) is 0 Å². The fourth-order valence-electron chi connectivity index (χ4n) is 2.66. The van der Waals surface area contributed by atoms with Crippen molar-refractivity contribution >= 4 is 39.6 Å². The van der Waals surface area contributed by atoms with Crippen LogP contribution in [0.4, 0.5) is 0 Å². The molecule has 23 heavy (non-hydrogen) atoms. The van der Waals surface area contributed by atoms with Gasteiger partial charge in [0, 0.05) is 41.0 Å². The molecule has 3 aromatic rings. The number of benzene rings is 1. The van der Waals surface area contributed by atoms with Gasteiger partial charge in [-0.1, -0.05) is 30.3 Å². The van der Waals surface area contributed by atoms with E-state index in [1.54, 1.807) is 17.4 Å². The Hall–Kier alpha value is -2.11. The number of thiocarbonyl (C=S) groups is 1. The van der Waals surface area contributed by atoms with Gasteiger partial charge in [0.2, 0.25) is 0 Å². The molecule has 0 spiro atoms. The van der Waals surface area contributed by atoms with Crippen molar-refractivity contribution < 1.29 is 0 Å². The van der Waals surface area contributed by atoms with E-state index in [9.17, 15) is 0 Å². The molecule has 1 atom stereocenters. The number of H-pyrrole nitrogens is 1. The number of thiophene rings is 1. The Morgan fingerprint density at radius 1 is 1.26 bits per heavy atom. The summed E-state index contributed by atoms with van der Waals surface area (Å²) in [5, 5.41) is 10.5.